The van der Waals surface area contributed by atoms with Gasteiger partial charge in [-0.3, -0.25) is 0 Å². The van der Waals surface area contributed by atoms with Gasteiger partial charge >= 0.3 is 5.24 Å². The van der Waals surface area contributed by atoms with Crippen LogP contribution in [0, 0.1) is 0 Å². The van der Waals surface area contributed by atoms with Crippen LogP contribution in [0.4, 0.5) is 0 Å². The molecule has 1 fully saturated rings. The molecule has 3 N–H and O–H groups in total. The predicted molar refractivity (Wildman–Crippen MR) is 90.4 cm³/mol. The fourth-order valence-electron chi connectivity index (χ4n) is 2.20. The Morgan fingerprint density at radius 3 is 2.57 bits per heavy atom. The van der Waals surface area contributed by atoms with Gasteiger partial charge in [0.05, 0.1) is 6.61 Å². The van der Waals surface area contributed by atoms with Crippen molar-refractivity contribution in [2.24, 2.45) is 0 Å². The van der Waals surface area contributed by atoms with E-state index in [4.69, 9.17) is 26.4 Å². The number of benzene rings is 1. The Bertz CT molecular complexity index is 500. The highest BCUT2D eigenvalue weighted by Crippen LogP contribution is 2.30. The van der Waals surface area contributed by atoms with E-state index in [0.717, 1.165) is 0 Å². The lowest BCUT2D eigenvalue weighted by Gasteiger charge is -2.41. The van der Waals surface area contributed by atoms with Crippen LogP contribution in [0.2, 0.25) is 0 Å². The molecule has 6 nitrogen and oxygen atoms in total. The normalized spacial score (nSPS) is 30.7. The molecule has 0 radical (unpaired) electrons. The first kappa shape index (κ1) is 18.4. The minimum atomic E-state index is -1.27. The van der Waals surface area contributed by atoms with Crippen LogP contribution < -0.4 is 4.74 Å². The quantitative estimate of drug-likeness (QED) is 0.669. The average molecular weight is 360 g/mol. The minimum absolute atomic E-state index is 0.166. The van der Waals surface area contributed by atoms with Crippen molar-refractivity contribution in [2.45, 2.75) is 36.8 Å². The molecule has 1 heterocycles. The molecule has 0 aromatic heterocycles. The first-order valence-electron chi connectivity index (χ1n) is 7.24. The number of hydrogen-bond donors (Lipinski definition) is 3. The zero-order valence-electron chi connectivity index (χ0n) is 12.6. The maximum absolute atomic E-state index is 10.3. The standard InChI is InChI=1S/C15H20O6S2/c1-2-23-14-13(12(18)11(17)10(8-16)20-14)21-15(22)19-9-6-4-3-5-7-9/h3-7,10-14,16-18H,2,8H2,1H3/t10-,11-,12+,13-,14-/m1/s1. The number of thiocarbonyl (C=S) groups is 1. The van der Waals surface area contributed by atoms with E-state index < -0.39 is 36.5 Å². The van der Waals surface area contributed by atoms with Gasteiger partial charge in [0.1, 0.15) is 29.5 Å². The molecular formula is C15H20O6S2. The van der Waals surface area contributed by atoms with Crippen LogP contribution in [-0.2, 0) is 9.47 Å². The zero-order valence-corrected chi connectivity index (χ0v) is 14.2. The zero-order chi connectivity index (χ0) is 16.8. The number of rotatable bonds is 5. The smallest absolute Gasteiger partial charge is 0.358 e. The molecule has 23 heavy (non-hydrogen) atoms. The van der Waals surface area contributed by atoms with Crippen molar-refractivity contribution in [2.75, 3.05) is 12.4 Å². The van der Waals surface area contributed by atoms with Crippen molar-refractivity contribution in [3.8, 4) is 5.75 Å². The maximum Gasteiger partial charge on any atom is 0.358 e. The van der Waals surface area contributed by atoms with Gasteiger partial charge in [0.25, 0.3) is 0 Å². The van der Waals surface area contributed by atoms with Crippen LogP contribution in [0.15, 0.2) is 30.3 Å². The second kappa shape index (κ2) is 8.81. The summed E-state index contributed by atoms with van der Waals surface area (Å²) < 4.78 is 16.5. The van der Waals surface area contributed by atoms with Crippen molar-refractivity contribution in [3.63, 3.8) is 0 Å². The molecule has 1 aromatic carbocycles. The van der Waals surface area contributed by atoms with Crippen molar-refractivity contribution in [1.29, 1.82) is 0 Å². The number of para-hydroxylation sites is 1. The lowest BCUT2D eigenvalue weighted by molar-refractivity contribution is -0.203. The van der Waals surface area contributed by atoms with Gasteiger partial charge in [-0.1, -0.05) is 25.1 Å². The average Bonchev–Trinajstić information content (AvgIpc) is 2.55. The first-order valence-corrected chi connectivity index (χ1v) is 8.70. The lowest BCUT2D eigenvalue weighted by atomic mass is 10.0. The third-order valence-electron chi connectivity index (χ3n) is 3.33. The monoisotopic (exact) mass is 360 g/mol. The Balaban J connectivity index is 2.03. The molecule has 1 aliphatic heterocycles. The molecule has 2 rings (SSSR count). The highest BCUT2D eigenvalue weighted by atomic mass is 32.2. The van der Waals surface area contributed by atoms with Crippen LogP contribution in [0.25, 0.3) is 0 Å². The third kappa shape index (κ3) is 4.79. The van der Waals surface area contributed by atoms with Gasteiger partial charge < -0.3 is 29.5 Å². The van der Waals surface area contributed by atoms with E-state index in [1.807, 2.05) is 13.0 Å². The maximum atomic E-state index is 10.3. The summed E-state index contributed by atoms with van der Waals surface area (Å²) in [5, 5.41) is 29.3. The van der Waals surface area contributed by atoms with E-state index in [0.29, 0.717) is 11.5 Å². The number of hydrogen-bond acceptors (Lipinski definition) is 8. The van der Waals surface area contributed by atoms with E-state index in [9.17, 15) is 15.3 Å². The summed E-state index contributed by atoms with van der Waals surface area (Å²) >= 11 is 6.44. The van der Waals surface area contributed by atoms with E-state index in [2.05, 4.69) is 0 Å². The third-order valence-corrected chi connectivity index (χ3v) is 4.55. The predicted octanol–water partition coefficient (Wildman–Crippen LogP) is 0.928. The SMILES string of the molecule is CCS[C@H]1O[C@H](CO)[C@@H](O)[C@H](O)[C@H]1OC(=S)Oc1ccccc1. The summed E-state index contributed by atoms with van der Waals surface area (Å²) in [6.45, 7) is 1.53. The Hall–Kier alpha value is -0.900. The summed E-state index contributed by atoms with van der Waals surface area (Å²) in [6.07, 6.45) is -4.27. The fourth-order valence-corrected chi connectivity index (χ4v) is 3.36. The molecule has 0 saturated carbocycles. The van der Waals surface area contributed by atoms with Gasteiger partial charge in [0.15, 0.2) is 6.10 Å². The largest absolute Gasteiger partial charge is 0.447 e. The summed E-state index contributed by atoms with van der Waals surface area (Å²) in [4.78, 5) is 0. The highest BCUT2D eigenvalue weighted by molar-refractivity contribution is 7.99. The molecule has 1 aromatic rings. The van der Waals surface area contributed by atoms with Crippen LogP contribution in [0.5, 0.6) is 5.75 Å². The number of aliphatic hydroxyl groups is 3. The number of aliphatic hydroxyl groups excluding tert-OH is 3. The fraction of sp³-hybridized carbons (Fsp3) is 0.533. The Morgan fingerprint density at radius 2 is 1.96 bits per heavy atom. The lowest BCUT2D eigenvalue weighted by Crippen LogP contribution is -2.59. The molecule has 0 bridgehead atoms. The van der Waals surface area contributed by atoms with E-state index in [1.165, 1.54) is 11.8 Å². The molecule has 1 saturated heterocycles. The second-order valence-electron chi connectivity index (χ2n) is 4.91. The molecule has 5 atom stereocenters. The number of ether oxygens (including phenoxy) is 3. The summed E-state index contributed by atoms with van der Waals surface area (Å²) in [5.41, 5.74) is -0.576. The molecular weight excluding hydrogens is 340 g/mol. The number of thioether (sulfide) groups is 1. The molecule has 0 aliphatic carbocycles. The van der Waals surface area contributed by atoms with Gasteiger partial charge in [-0.05, 0) is 17.9 Å². The molecule has 0 unspecified atom stereocenters. The summed E-state index contributed by atoms with van der Waals surface area (Å²) in [5.74, 6) is 1.22. The molecule has 0 amide bonds. The van der Waals surface area contributed by atoms with Gasteiger partial charge in [-0.25, -0.2) is 0 Å². The highest BCUT2D eigenvalue weighted by Gasteiger charge is 2.46. The topological polar surface area (TPSA) is 88.4 Å². The van der Waals surface area contributed by atoms with Crippen LogP contribution in [0.3, 0.4) is 0 Å². The van der Waals surface area contributed by atoms with E-state index in [1.54, 1.807) is 24.3 Å². The minimum Gasteiger partial charge on any atom is -0.447 e. The van der Waals surface area contributed by atoms with Crippen molar-refractivity contribution < 1.29 is 29.5 Å². The Morgan fingerprint density at radius 1 is 1.26 bits per heavy atom. The molecule has 8 heteroatoms. The molecule has 1 aliphatic rings. The Labute approximate surface area is 144 Å². The van der Waals surface area contributed by atoms with Gasteiger partial charge in [-0.15, -0.1) is 11.8 Å². The summed E-state index contributed by atoms with van der Waals surface area (Å²) in [6, 6.07) is 8.87. The van der Waals surface area contributed by atoms with Crippen molar-refractivity contribution in [1.82, 2.24) is 0 Å². The van der Waals surface area contributed by atoms with Crippen molar-refractivity contribution >= 4 is 29.2 Å². The van der Waals surface area contributed by atoms with Crippen LogP contribution in [-0.4, -0.2) is 62.8 Å². The van der Waals surface area contributed by atoms with Gasteiger partial charge in [-0.2, -0.15) is 0 Å². The van der Waals surface area contributed by atoms with E-state index >= 15 is 0 Å². The van der Waals surface area contributed by atoms with Crippen molar-refractivity contribution in [3.05, 3.63) is 30.3 Å². The van der Waals surface area contributed by atoms with Gasteiger partial charge in [0.2, 0.25) is 0 Å². The summed E-state index contributed by atoms with van der Waals surface area (Å²) in [7, 11) is 0. The Kier molecular flexibility index (Phi) is 7.07. The van der Waals surface area contributed by atoms with E-state index in [-0.39, 0.29) is 5.24 Å². The van der Waals surface area contributed by atoms with Gasteiger partial charge in [0, 0.05) is 12.2 Å². The molecule has 0 spiro atoms. The van der Waals surface area contributed by atoms with Crippen LogP contribution in [0.1, 0.15) is 6.92 Å². The first-order chi connectivity index (χ1) is 11.1. The second-order valence-corrected chi connectivity index (χ2v) is 6.62. The molecule has 128 valence electrons. The van der Waals surface area contributed by atoms with Crippen LogP contribution >= 0.6 is 24.0 Å².